The third-order valence-corrected chi connectivity index (χ3v) is 7.21. The maximum absolute atomic E-state index is 13.5. The van der Waals surface area contributed by atoms with Crippen molar-refractivity contribution in [1.29, 1.82) is 0 Å². The molecule has 2 atom stereocenters. The fourth-order valence-electron chi connectivity index (χ4n) is 4.56. The predicted molar refractivity (Wildman–Crippen MR) is 117 cm³/mol. The summed E-state index contributed by atoms with van der Waals surface area (Å²) in [5.74, 6) is -0.617. The van der Waals surface area contributed by atoms with Crippen molar-refractivity contribution in [2.75, 3.05) is 18.0 Å². The molecule has 158 valence electrons. The molecule has 6 nitrogen and oxygen atoms in total. The third-order valence-electron chi connectivity index (χ3n) is 6.27. The number of aryl methyl sites for hydroxylation is 1. The molecule has 3 amide bonds. The van der Waals surface area contributed by atoms with Crippen LogP contribution in [0.1, 0.15) is 42.2 Å². The first kappa shape index (κ1) is 20.6. The number of likely N-dealkylation sites (tertiary alicyclic amines) is 1. The van der Waals surface area contributed by atoms with E-state index in [0.29, 0.717) is 38.8 Å². The summed E-state index contributed by atoms with van der Waals surface area (Å²) < 4.78 is 0. The van der Waals surface area contributed by atoms with Crippen LogP contribution in [0.25, 0.3) is 0 Å². The number of primary amides is 1. The molecule has 4 rings (SSSR count). The van der Waals surface area contributed by atoms with Gasteiger partial charge < -0.3 is 15.5 Å². The summed E-state index contributed by atoms with van der Waals surface area (Å²) >= 11 is 1.58. The van der Waals surface area contributed by atoms with Crippen LogP contribution in [0.2, 0.25) is 0 Å². The van der Waals surface area contributed by atoms with Gasteiger partial charge in [0.05, 0.1) is 12.0 Å². The normalized spacial score (nSPS) is 22.9. The SMILES string of the molecule is Cc1ccc(N2C(=O)CC[C@H](C(=O)N3CCC(C(N)=O)CC3)[C@@H]2c2cccs2)cc1. The molecule has 30 heavy (non-hydrogen) atoms. The van der Waals surface area contributed by atoms with Crippen LogP contribution < -0.4 is 10.6 Å². The average molecular weight is 426 g/mol. The number of rotatable bonds is 4. The molecule has 2 aliphatic rings. The lowest BCUT2D eigenvalue weighted by Gasteiger charge is -2.42. The highest BCUT2D eigenvalue weighted by Crippen LogP contribution is 2.42. The van der Waals surface area contributed by atoms with Crippen LogP contribution >= 0.6 is 11.3 Å². The van der Waals surface area contributed by atoms with Gasteiger partial charge in [0, 0.05) is 36.0 Å². The molecular weight excluding hydrogens is 398 g/mol. The Labute approximate surface area is 180 Å². The summed E-state index contributed by atoms with van der Waals surface area (Å²) in [4.78, 5) is 42.7. The Kier molecular flexibility index (Phi) is 5.90. The van der Waals surface area contributed by atoms with Gasteiger partial charge in [0.2, 0.25) is 17.7 Å². The van der Waals surface area contributed by atoms with Crippen LogP contribution in [0.5, 0.6) is 0 Å². The smallest absolute Gasteiger partial charge is 0.228 e. The Morgan fingerprint density at radius 3 is 2.37 bits per heavy atom. The van der Waals surface area contributed by atoms with E-state index in [9.17, 15) is 14.4 Å². The fourth-order valence-corrected chi connectivity index (χ4v) is 5.45. The van der Waals surface area contributed by atoms with Gasteiger partial charge >= 0.3 is 0 Å². The average Bonchev–Trinajstić information content (AvgIpc) is 3.28. The molecule has 2 aromatic rings. The topological polar surface area (TPSA) is 83.7 Å². The lowest BCUT2D eigenvalue weighted by Crippen LogP contribution is -2.51. The van der Waals surface area contributed by atoms with Gasteiger partial charge in [-0.05, 0) is 49.8 Å². The predicted octanol–water partition coefficient (Wildman–Crippen LogP) is 3.26. The largest absolute Gasteiger partial charge is 0.369 e. The van der Waals surface area contributed by atoms with E-state index in [1.165, 1.54) is 0 Å². The molecule has 0 bridgehead atoms. The molecule has 2 aliphatic heterocycles. The van der Waals surface area contributed by atoms with Crippen LogP contribution in [0.4, 0.5) is 5.69 Å². The second-order valence-corrected chi connectivity index (χ2v) is 9.19. The number of benzene rings is 1. The van der Waals surface area contributed by atoms with Gasteiger partial charge in [-0.1, -0.05) is 23.8 Å². The Balaban J connectivity index is 1.63. The molecule has 1 aromatic carbocycles. The first-order chi connectivity index (χ1) is 14.5. The summed E-state index contributed by atoms with van der Waals surface area (Å²) in [6.07, 6.45) is 2.11. The molecule has 2 saturated heterocycles. The van der Waals surface area contributed by atoms with Crippen molar-refractivity contribution in [1.82, 2.24) is 4.90 Å². The standard InChI is InChI=1S/C23H27N3O3S/c1-15-4-6-17(7-5-15)26-20(27)9-8-18(21(26)19-3-2-14-30-19)23(29)25-12-10-16(11-13-25)22(24)28/h2-7,14,16,18,21H,8-13H2,1H3,(H2,24,28)/t18-,21+/m0/s1. The van der Waals surface area contributed by atoms with Gasteiger partial charge in [0.15, 0.2) is 0 Å². The van der Waals surface area contributed by atoms with Crippen molar-refractivity contribution in [3.63, 3.8) is 0 Å². The Morgan fingerprint density at radius 1 is 1.07 bits per heavy atom. The minimum atomic E-state index is -0.310. The van der Waals surface area contributed by atoms with Gasteiger partial charge in [-0.2, -0.15) is 0 Å². The number of hydrogen-bond acceptors (Lipinski definition) is 4. The molecule has 0 radical (unpaired) electrons. The van der Waals surface area contributed by atoms with Gasteiger partial charge in [-0.25, -0.2) is 0 Å². The number of anilines is 1. The van der Waals surface area contributed by atoms with E-state index in [4.69, 9.17) is 5.73 Å². The number of piperidine rings is 2. The summed E-state index contributed by atoms with van der Waals surface area (Å²) in [6, 6.07) is 11.6. The van der Waals surface area contributed by atoms with Crippen molar-refractivity contribution < 1.29 is 14.4 Å². The molecular formula is C23H27N3O3S. The van der Waals surface area contributed by atoms with E-state index >= 15 is 0 Å². The highest BCUT2D eigenvalue weighted by atomic mass is 32.1. The monoisotopic (exact) mass is 425 g/mol. The van der Waals surface area contributed by atoms with E-state index in [1.54, 1.807) is 11.3 Å². The zero-order valence-electron chi connectivity index (χ0n) is 17.1. The van der Waals surface area contributed by atoms with E-state index < -0.39 is 0 Å². The first-order valence-corrected chi connectivity index (χ1v) is 11.3. The number of hydrogen-bond donors (Lipinski definition) is 1. The van der Waals surface area contributed by atoms with Crippen molar-refractivity contribution >= 4 is 34.7 Å². The van der Waals surface area contributed by atoms with E-state index in [2.05, 4.69) is 0 Å². The highest BCUT2D eigenvalue weighted by Gasteiger charge is 2.44. The minimum Gasteiger partial charge on any atom is -0.369 e. The van der Waals surface area contributed by atoms with E-state index in [-0.39, 0.29) is 35.6 Å². The second-order valence-electron chi connectivity index (χ2n) is 8.21. The molecule has 2 N–H and O–H groups in total. The maximum Gasteiger partial charge on any atom is 0.228 e. The fraction of sp³-hybridized carbons (Fsp3) is 0.435. The van der Waals surface area contributed by atoms with Crippen LogP contribution in [-0.4, -0.2) is 35.7 Å². The Morgan fingerprint density at radius 2 is 1.77 bits per heavy atom. The minimum absolute atomic E-state index is 0.0498. The second kappa shape index (κ2) is 8.60. The number of nitrogens with two attached hydrogens (primary N) is 1. The van der Waals surface area contributed by atoms with Crippen LogP contribution in [-0.2, 0) is 14.4 Å². The number of amides is 3. The molecule has 0 spiro atoms. The molecule has 1 aromatic heterocycles. The lowest BCUT2D eigenvalue weighted by atomic mass is 9.85. The van der Waals surface area contributed by atoms with Gasteiger partial charge in [-0.15, -0.1) is 11.3 Å². The molecule has 7 heteroatoms. The number of carbonyl (C=O) groups excluding carboxylic acids is 3. The molecule has 0 unspecified atom stereocenters. The Bertz CT molecular complexity index is 918. The zero-order chi connectivity index (χ0) is 21.3. The molecule has 0 saturated carbocycles. The summed E-state index contributed by atoms with van der Waals surface area (Å²) in [5.41, 5.74) is 7.39. The highest BCUT2D eigenvalue weighted by molar-refractivity contribution is 7.10. The number of thiophene rings is 1. The van der Waals surface area contributed by atoms with Crippen molar-refractivity contribution in [2.45, 2.75) is 38.6 Å². The zero-order valence-corrected chi connectivity index (χ0v) is 17.9. The summed E-state index contributed by atoms with van der Waals surface area (Å²) in [5, 5.41) is 1.99. The van der Waals surface area contributed by atoms with Crippen molar-refractivity contribution in [2.24, 2.45) is 17.6 Å². The van der Waals surface area contributed by atoms with Gasteiger partial charge in [0.1, 0.15) is 0 Å². The van der Waals surface area contributed by atoms with Crippen LogP contribution in [0.3, 0.4) is 0 Å². The van der Waals surface area contributed by atoms with Crippen LogP contribution in [0.15, 0.2) is 41.8 Å². The Hall–Kier alpha value is -2.67. The molecule has 3 heterocycles. The quantitative estimate of drug-likeness (QED) is 0.816. The summed E-state index contributed by atoms with van der Waals surface area (Å²) in [7, 11) is 0. The van der Waals surface area contributed by atoms with Crippen molar-refractivity contribution in [3.05, 3.63) is 52.2 Å². The lowest BCUT2D eigenvalue weighted by molar-refractivity contribution is -0.141. The van der Waals surface area contributed by atoms with E-state index in [0.717, 1.165) is 16.1 Å². The molecule has 2 fully saturated rings. The van der Waals surface area contributed by atoms with Gasteiger partial charge in [0.25, 0.3) is 0 Å². The first-order valence-electron chi connectivity index (χ1n) is 10.5. The van der Waals surface area contributed by atoms with Crippen LogP contribution in [0, 0.1) is 18.8 Å². The van der Waals surface area contributed by atoms with Gasteiger partial charge in [-0.3, -0.25) is 14.4 Å². The summed E-state index contributed by atoms with van der Waals surface area (Å²) in [6.45, 7) is 3.09. The van der Waals surface area contributed by atoms with E-state index in [1.807, 2.05) is 58.5 Å². The third kappa shape index (κ3) is 3.99. The number of carbonyl (C=O) groups is 3. The van der Waals surface area contributed by atoms with Crippen molar-refractivity contribution in [3.8, 4) is 0 Å². The number of nitrogens with zero attached hydrogens (tertiary/aromatic N) is 2. The molecule has 0 aliphatic carbocycles. The maximum atomic E-state index is 13.5.